The van der Waals surface area contributed by atoms with Crippen molar-refractivity contribution in [2.24, 2.45) is 0 Å². The molecule has 2 N–H and O–H groups in total. The maximum atomic E-state index is 12.4. The van der Waals surface area contributed by atoms with Crippen molar-refractivity contribution in [1.29, 1.82) is 0 Å². The normalized spacial score (nSPS) is 11.5. The summed E-state index contributed by atoms with van der Waals surface area (Å²) in [6, 6.07) is 12.8. The summed E-state index contributed by atoms with van der Waals surface area (Å²) in [5.41, 5.74) is 1.19. The molecule has 0 aliphatic heterocycles. The number of ether oxygens (including phenoxy) is 3. The largest absolute Gasteiger partial charge is 0.497 e. The topological polar surface area (TPSA) is 103 Å². The van der Waals surface area contributed by atoms with Gasteiger partial charge >= 0.3 is 0 Å². The highest BCUT2D eigenvalue weighted by Crippen LogP contribution is 2.16. The van der Waals surface area contributed by atoms with E-state index in [9.17, 15) is 13.2 Å². The van der Waals surface area contributed by atoms with Gasteiger partial charge in [0.25, 0.3) is 5.91 Å². The van der Waals surface area contributed by atoms with Gasteiger partial charge in [0.2, 0.25) is 10.0 Å². The van der Waals surface area contributed by atoms with Gasteiger partial charge in [-0.15, -0.1) is 0 Å². The first-order chi connectivity index (χ1) is 14.4. The fraction of sp³-hybridized carbons (Fsp3) is 0.381. The Bertz CT molecular complexity index is 892. The van der Waals surface area contributed by atoms with Crippen LogP contribution in [-0.4, -0.2) is 47.5 Å². The Morgan fingerprint density at radius 3 is 2.10 bits per heavy atom. The van der Waals surface area contributed by atoms with E-state index in [1.165, 1.54) is 19.2 Å². The molecule has 0 radical (unpaired) electrons. The van der Waals surface area contributed by atoms with Gasteiger partial charge in [-0.2, -0.15) is 0 Å². The molecule has 9 heteroatoms. The number of amides is 1. The van der Waals surface area contributed by atoms with Crippen molar-refractivity contribution < 1.29 is 27.4 Å². The molecule has 0 fully saturated rings. The molecule has 2 aromatic carbocycles. The number of carbonyl (C=O) groups excluding carboxylic acids is 1. The van der Waals surface area contributed by atoms with Crippen molar-refractivity contribution in [2.75, 3.05) is 26.9 Å². The lowest BCUT2D eigenvalue weighted by molar-refractivity contribution is -0.131. The van der Waals surface area contributed by atoms with Crippen LogP contribution in [0.4, 0.5) is 0 Å². The third-order valence-corrected chi connectivity index (χ3v) is 5.60. The summed E-state index contributed by atoms with van der Waals surface area (Å²) in [6.45, 7) is 5.03. The van der Waals surface area contributed by atoms with Gasteiger partial charge in [-0.1, -0.05) is 12.1 Å². The van der Waals surface area contributed by atoms with Crippen LogP contribution in [0.5, 0.6) is 5.75 Å². The number of nitrogens with one attached hydrogen (secondary N) is 2. The number of sulfonamides is 1. The maximum Gasteiger partial charge on any atom is 0.251 e. The highest BCUT2D eigenvalue weighted by Gasteiger charge is 2.14. The molecule has 0 saturated heterocycles. The minimum atomic E-state index is -3.65. The van der Waals surface area contributed by atoms with E-state index in [-0.39, 0.29) is 23.9 Å². The second kappa shape index (κ2) is 11.7. The van der Waals surface area contributed by atoms with E-state index >= 15 is 0 Å². The standard InChI is InChI=1S/C21H28N2O6S/c1-4-28-20(29-5-2)15-22-21(24)17-8-6-16(7-9-17)14-23-30(25,26)19-12-10-18(27-3)11-13-19/h6-13,20,23H,4-5,14-15H2,1-3H3,(H,22,24). The van der Waals surface area contributed by atoms with Crippen LogP contribution in [0, 0.1) is 0 Å². The summed E-state index contributed by atoms with van der Waals surface area (Å²) >= 11 is 0. The molecule has 1 amide bonds. The predicted molar refractivity (Wildman–Crippen MR) is 113 cm³/mol. The molecule has 2 aromatic rings. The first-order valence-electron chi connectivity index (χ1n) is 9.63. The Labute approximate surface area is 177 Å². The number of rotatable bonds is 12. The third-order valence-electron chi connectivity index (χ3n) is 4.19. The number of carbonyl (C=O) groups is 1. The molecule has 8 nitrogen and oxygen atoms in total. The van der Waals surface area contributed by atoms with E-state index < -0.39 is 16.3 Å². The molecule has 0 bridgehead atoms. The van der Waals surface area contributed by atoms with Crippen LogP contribution in [0.3, 0.4) is 0 Å². The van der Waals surface area contributed by atoms with Crippen molar-refractivity contribution in [1.82, 2.24) is 10.0 Å². The monoisotopic (exact) mass is 436 g/mol. The van der Waals surface area contributed by atoms with Crippen molar-refractivity contribution in [3.05, 3.63) is 59.7 Å². The van der Waals surface area contributed by atoms with Gasteiger partial charge in [0, 0.05) is 25.3 Å². The van der Waals surface area contributed by atoms with E-state index in [1.807, 2.05) is 13.8 Å². The lowest BCUT2D eigenvalue weighted by atomic mass is 10.1. The molecule has 30 heavy (non-hydrogen) atoms. The maximum absolute atomic E-state index is 12.4. The van der Waals surface area contributed by atoms with Crippen LogP contribution in [-0.2, 0) is 26.0 Å². The average molecular weight is 437 g/mol. The van der Waals surface area contributed by atoms with E-state index in [2.05, 4.69) is 10.0 Å². The smallest absolute Gasteiger partial charge is 0.251 e. The summed E-state index contributed by atoms with van der Waals surface area (Å²) < 4.78 is 43.2. The molecule has 2 rings (SSSR count). The Kier molecular flexibility index (Phi) is 9.25. The van der Waals surface area contributed by atoms with Crippen LogP contribution in [0.15, 0.2) is 53.4 Å². The van der Waals surface area contributed by atoms with Crippen LogP contribution >= 0.6 is 0 Å². The van der Waals surface area contributed by atoms with Gasteiger partial charge in [0.15, 0.2) is 6.29 Å². The summed E-state index contributed by atoms with van der Waals surface area (Å²) in [7, 11) is -2.14. The zero-order valence-electron chi connectivity index (χ0n) is 17.4. The van der Waals surface area contributed by atoms with Crippen molar-refractivity contribution in [2.45, 2.75) is 31.6 Å². The minimum Gasteiger partial charge on any atom is -0.497 e. The quantitative estimate of drug-likeness (QED) is 0.495. The molecule has 0 heterocycles. The van der Waals surface area contributed by atoms with E-state index in [1.54, 1.807) is 36.4 Å². The van der Waals surface area contributed by atoms with Gasteiger partial charge in [-0.05, 0) is 55.8 Å². The molecule has 0 unspecified atom stereocenters. The first-order valence-corrected chi connectivity index (χ1v) is 11.1. The zero-order valence-corrected chi connectivity index (χ0v) is 18.2. The lowest BCUT2D eigenvalue weighted by Gasteiger charge is -2.17. The fourth-order valence-electron chi connectivity index (χ4n) is 2.61. The number of hydrogen-bond donors (Lipinski definition) is 2. The van der Waals surface area contributed by atoms with Gasteiger partial charge in [0.1, 0.15) is 5.75 Å². The molecule has 0 saturated carbocycles. The molecule has 0 atom stereocenters. The van der Waals surface area contributed by atoms with Crippen LogP contribution in [0.1, 0.15) is 29.8 Å². The summed E-state index contributed by atoms with van der Waals surface area (Å²) in [6.07, 6.45) is -0.490. The SMILES string of the molecule is CCOC(CNC(=O)c1ccc(CNS(=O)(=O)c2ccc(OC)cc2)cc1)OCC. The van der Waals surface area contributed by atoms with E-state index in [0.29, 0.717) is 24.5 Å². The molecule has 0 aliphatic carbocycles. The van der Waals surface area contributed by atoms with Crippen LogP contribution in [0.25, 0.3) is 0 Å². The molecule has 0 spiro atoms. The molecule has 0 aromatic heterocycles. The Hall–Kier alpha value is -2.46. The second-order valence-corrected chi connectivity index (χ2v) is 8.01. The lowest BCUT2D eigenvalue weighted by Crippen LogP contribution is -2.35. The average Bonchev–Trinajstić information content (AvgIpc) is 2.76. The molecule has 0 aliphatic rings. The van der Waals surface area contributed by atoms with E-state index in [0.717, 1.165) is 5.56 Å². The van der Waals surface area contributed by atoms with E-state index in [4.69, 9.17) is 14.2 Å². The van der Waals surface area contributed by atoms with Gasteiger partial charge in [-0.25, -0.2) is 13.1 Å². The Balaban J connectivity index is 1.91. The third kappa shape index (κ3) is 7.10. The summed E-state index contributed by atoms with van der Waals surface area (Å²) in [5, 5.41) is 2.76. The van der Waals surface area contributed by atoms with Crippen molar-refractivity contribution in [3.63, 3.8) is 0 Å². The first kappa shape index (κ1) is 23.8. The van der Waals surface area contributed by atoms with Crippen LogP contribution in [0.2, 0.25) is 0 Å². The number of benzene rings is 2. The summed E-state index contributed by atoms with van der Waals surface area (Å²) in [5.74, 6) is 0.321. The van der Waals surface area contributed by atoms with Gasteiger partial charge in [0.05, 0.1) is 18.6 Å². The highest BCUT2D eigenvalue weighted by atomic mass is 32.2. The van der Waals surface area contributed by atoms with Crippen LogP contribution < -0.4 is 14.8 Å². The Morgan fingerprint density at radius 2 is 1.57 bits per heavy atom. The fourth-order valence-corrected chi connectivity index (χ4v) is 3.62. The van der Waals surface area contributed by atoms with Crippen molar-refractivity contribution in [3.8, 4) is 5.75 Å². The number of hydrogen-bond acceptors (Lipinski definition) is 6. The molecule has 164 valence electrons. The highest BCUT2D eigenvalue weighted by molar-refractivity contribution is 7.89. The second-order valence-electron chi connectivity index (χ2n) is 6.25. The van der Waals surface area contributed by atoms with Gasteiger partial charge < -0.3 is 19.5 Å². The van der Waals surface area contributed by atoms with Gasteiger partial charge in [-0.3, -0.25) is 4.79 Å². The Morgan fingerprint density at radius 1 is 0.967 bits per heavy atom. The van der Waals surface area contributed by atoms with Crippen molar-refractivity contribution >= 4 is 15.9 Å². The predicted octanol–water partition coefficient (Wildman–Crippen LogP) is 2.30. The molecular weight excluding hydrogens is 408 g/mol. The zero-order chi connectivity index (χ0) is 22.0. The minimum absolute atomic E-state index is 0.104. The number of methoxy groups -OCH3 is 1. The summed E-state index contributed by atoms with van der Waals surface area (Å²) in [4.78, 5) is 12.4. The molecular formula is C21H28N2O6S.